The summed E-state index contributed by atoms with van der Waals surface area (Å²) < 4.78 is 10.8. The lowest BCUT2D eigenvalue weighted by atomic mass is 9.80. The molecule has 0 spiro atoms. The number of carbonyl (C=O) groups is 1. The van der Waals surface area contributed by atoms with E-state index < -0.39 is 0 Å². The van der Waals surface area contributed by atoms with Gasteiger partial charge in [0.25, 0.3) is 0 Å². The van der Waals surface area contributed by atoms with Crippen LogP contribution in [0.4, 0.5) is 5.82 Å². The van der Waals surface area contributed by atoms with Gasteiger partial charge in [0.15, 0.2) is 0 Å². The van der Waals surface area contributed by atoms with Gasteiger partial charge in [-0.15, -0.1) is 11.3 Å². The lowest BCUT2D eigenvalue weighted by Gasteiger charge is -2.40. The number of hydrogen-bond acceptors (Lipinski definition) is 7. The Hall–Kier alpha value is -1.73. The number of methoxy groups -OCH3 is 1. The van der Waals surface area contributed by atoms with E-state index in [2.05, 4.69) is 15.3 Å². The number of carbonyl (C=O) groups excluding carboxylic acids is 1. The van der Waals surface area contributed by atoms with Gasteiger partial charge in [0.2, 0.25) is 0 Å². The number of anilines is 1. The molecule has 0 aromatic carbocycles. The first-order chi connectivity index (χ1) is 11.1. The normalized spacial score (nSPS) is 16.1. The van der Waals surface area contributed by atoms with Gasteiger partial charge in [-0.25, -0.2) is 14.8 Å². The summed E-state index contributed by atoms with van der Waals surface area (Å²) >= 11 is 1.35. The fraction of sp³-hybridized carbons (Fsp3) is 0.562. The summed E-state index contributed by atoms with van der Waals surface area (Å²) in [6.45, 7) is 4.78. The smallest absolute Gasteiger partial charge is 0.348 e. The van der Waals surface area contributed by atoms with Crippen molar-refractivity contribution in [3.8, 4) is 0 Å². The van der Waals surface area contributed by atoms with Gasteiger partial charge in [0.05, 0.1) is 17.6 Å². The molecular weight excluding hydrogens is 314 g/mol. The number of aromatic nitrogens is 2. The van der Waals surface area contributed by atoms with Crippen molar-refractivity contribution in [2.45, 2.75) is 38.7 Å². The molecule has 0 amide bonds. The minimum Gasteiger partial charge on any atom is -0.462 e. The van der Waals surface area contributed by atoms with Crippen LogP contribution in [0, 0.1) is 6.92 Å². The van der Waals surface area contributed by atoms with Gasteiger partial charge in [-0.3, -0.25) is 0 Å². The molecule has 0 atom stereocenters. The SMILES string of the molecule is CCOC(=O)c1sc2ncnc(NCC3(OC)CCC3)c2c1C. The number of nitrogens with zero attached hydrogens (tertiary/aromatic N) is 2. The van der Waals surface area contributed by atoms with Crippen LogP contribution in [0.5, 0.6) is 0 Å². The Morgan fingerprint density at radius 2 is 2.22 bits per heavy atom. The molecule has 1 aliphatic carbocycles. The molecule has 1 saturated carbocycles. The Morgan fingerprint density at radius 1 is 1.43 bits per heavy atom. The number of thiophene rings is 1. The highest BCUT2D eigenvalue weighted by atomic mass is 32.1. The van der Waals surface area contributed by atoms with E-state index in [9.17, 15) is 4.79 Å². The molecule has 0 radical (unpaired) electrons. The van der Waals surface area contributed by atoms with Crippen LogP contribution in [0.2, 0.25) is 0 Å². The topological polar surface area (TPSA) is 73.3 Å². The molecule has 7 heteroatoms. The molecule has 1 aliphatic rings. The zero-order valence-electron chi connectivity index (χ0n) is 13.6. The predicted molar refractivity (Wildman–Crippen MR) is 90.2 cm³/mol. The van der Waals surface area contributed by atoms with Crippen LogP contribution in [-0.4, -0.2) is 41.8 Å². The van der Waals surface area contributed by atoms with Crippen molar-refractivity contribution in [2.24, 2.45) is 0 Å². The van der Waals surface area contributed by atoms with E-state index >= 15 is 0 Å². The molecule has 0 aliphatic heterocycles. The summed E-state index contributed by atoms with van der Waals surface area (Å²) in [4.78, 5) is 22.1. The maximum atomic E-state index is 12.1. The van der Waals surface area contributed by atoms with Crippen LogP contribution in [0.15, 0.2) is 6.33 Å². The molecule has 3 rings (SSSR count). The fourth-order valence-electron chi connectivity index (χ4n) is 2.87. The van der Waals surface area contributed by atoms with Crippen molar-refractivity contribution in [1.29, 1.82) is 0 Å². The molecule has 1 fully saturated rings. The van der Waals surface area contributed by atoms with Gasteiger partial charge in [-0.2, -0.15) is 0 Å². The molecule has 2 heterocycles. The number of nitrogens with one attached hydrogen (secondary N) is 1. The Labute approximate surface area is 139 Å². The second-order valence-electron chi connectivity index (χ2n) is 5.77. The third-order valence-corrected chi connectivity index (χ3v) is 5.64. The summed E-state index contributed by atoms with van der Waals surface area (Å²) in [5.74, 6) is 0.453. The van der Waals surface area contributed by atoms with Crippen LogP contribution in [0.3, 0.4) is 0 Å². The van der Waals surface area contributed by atoms with Crippen molar-refractivity contribution in [2.75, 3.05) is 25.6 Å². The van der Waals surface area contributed by atoms with Gasteiger partial charge >= 0.3 is 5.97 Å². The number of hydrogen-bond donors (Lipinski definition) is 1. The van der Waals surface area contributed by atoms with E-state index in [0.717, 1.165) is 34.4 Å². The second-order valence-corrected chi connectivity index (χ2v) is 6.77. The monoisotopic (exact) mass is 335 g/mol. The maximum absolute atomic E-state index is 12.1. The van der Waals surface area contributed by atoms with E-state index in [1.165, 1.54) is 24.1 Å². The van der Waals surface area contributed by atoms with E-state index in [0.29, 0.717) is 18.0 Å². The molecule has 2 aromatic heterocycles. The zero-order valence-corrected chi connectivity index (χ0v) is 14.5. The van der Waals surface area contributed by atoms with Crippen LogP contribution < -0.4 is 5.32 Å². The Balaban J connectivity index is 1.90. The summed E-state index contributed by atoms with van der Waals surface area (Å²) in [6, 6.07) is 0. The lowest BCUT2D eigenvalue weighted by Crippen LogP contribution is -2.45. The summed E-state index contributed by atoms with van der Waals surface area (Å²) in [5.41, 5.74) is 0.775. The molecule has 1 N–H and O–H groups in total. The van der Waals surface area contributed by atoms with Crippen molar-refractivity contribution in [1.82, 2.24) is 9.97 Å². The maximum Gasteiger partial charge on any atom is 0.348 e. The van der Waals surface area contributed by atoms with Crippen LogP contribution in [0.1, 0.15) is 41.4 Å². The van der Waals surface area contributed by atoms with Crippen molar-refractivity contribution in [3.05, 3.63) is 16.8 Å². The highest BCUT2D eigenvalue weighted by molar-refractivity contribution is 7.20. The summed E-state index contributed by atoms with van der Waals surface area (Å²) in [5, 5.41) is 4.28. The third-order valence-electron chi connectivity index (χ3n) is 4.46. The highest BCUT2D eigenvalue weighted by Gasteiger charge is 2.37. The number of esters is 1. The van der Waals surface area contributed by atoms with Crippen molar-refractivity contribution >= 4 is 33.3 Å². The van der Waals surface area contributed by atoms with Crippen molar-refractivity contribution < 1.29 is 14.3 Å². The molecule has 6 nitrogen and oxygen atoms in total. The van der Waals surface area contributed by atoms with Gasteiger partial charge in [-0.05, 0) is 38.7 Å². The molecule has 0 saturated heterocycles. The van der Waals surface area contributed by atoms with Gasteiger partial charge in [0, 0.05) is 13.7 Å². The second kappa shape index (κ2) is 6.41. The van der Waals surface area contributed by atoms with Crippen LogP contribution in [0.25, 0.3) is 10.2 Å². The average molecular weight is 335 g/mol. The van der Waals surface area contributed by atoms with E-state index in [1.54, 1.807) is 14.0 Å². The quantitative estimate of drug-likeness (QED) is 0.818. The highest BCUT2D eigenvalue weighted by Crippen LogP contribution is 2.37. The molecular formula is C16H21N3O3S. The number of ether oxygens (including phenoxy) is 2. The molecule has 23 heavy (non-hydrogen) atoms. The van der Waals surface area contributed by atoms with Crippen LogP contribution >= 0.6 is 11.3 Å². The average Bonchev–Trinajstić information content (AvgIpc) is 2.85. The predicted octanol–water partition coefficient (Wildman–Crippen LogP) is 3.16. The van der Waals surface area contributed by atoms with Gasteiger partial charge < -0.3 is 14.8 Å². The first-order valence-electron chi connectivity index (χ1n) is 7.80. The standard InChI is InChI=1S/C16H21N3O3S/c1-4-22-15(20)12-10(2)11-13(18-9-19-14(11)23-12)17-8-16(21-3)6-5-7-16/h9H,4-8H2,1-3H3,(H,17,18,19). The number of rotatable bonds is 6. The van der Waals surface area contributed by atoms with Crippen LogP contribution in [-0.2, 0) is 9.47 Å². The minimum absolute atomic E-state index is 0.0921. The van der Waals surface area contributed by atoms with E-state index in [-0.39, 0.29) is 11.6 Å². The number of fused-ring (bicyclic) bond motifs is 1. The summed E-state index contributed by atoms with van der Waals surface area (Å²) in [6.07, 6.45) is 4.83. The largest absolute Gasteiger partial charge is 0.462 e. The first kappa shape index (κ1) is 16.1. The summed E-state index contributed by atoms with van der Waals surface area (Å²) in [7, 11) is 1.76. The van der Waals surface area contributed by atoms with Gasteiger partial charge in [0.1, 0.15) is 21.9 Å². The lowest BCUT2D eigenvalue weighted by molar-refractivity contribution is -0.0601. The number of aryl methyl sites for hydroxylation is 1. The first-order valence-corrected chi connectivity index (χ1v) is 8.62. The molecule has 0 bridgehead atoms. The van der Waals surface area contributed by atoms with E-state index in [1.807, 2.05) is 6.92 Å². The fourth-order valence-corrected chi connectivity index (χ4v) is 3.91. The molecule has 2 aromatic rings. The zero-order chi connectivity index (χ0) is 16.4. The molecule has 124 valence electrons. The van der Waals surface area contributed by atoms with Gasteiger partial charge in [-0.1, -0.05) is 0 Å². The third kappa shape index (κ3) is 2.90. The van der Waals surface area contributed by atoms with E-state index in [4.69, 9.17) is 9.47 Å². The molecule has 0 unspecified atom stereocenters. The Bertz CT molecular complexity index is 719. The van der Waals surface area contributed by atoms with Crippen molar-refractivity contribution in [3.63, 3.8) is 0 Å². The Kier molecular flexibility index (Phi) is 4.50. The Morgan fingerprint density at radius 3 is 2.83 bits per heavy atom. The minimum atomic E-state index is -0.300.